The highest BCUT2D eigenvalue weighted by atomic mass is 19.1. The molecule has 1 amide bonds. The van der Waals surface area contributed by atoms with E-state index in [4.69, 9.17) is 14.2 Å². The molecular weight excluding hydrogens is 491 g/mol. The Morgan fingerprint density at radius 3 is 2.45 bits per heavy atom. The zero-order chi connectivity index (χ0) is 27.0. The summed E-state index contributed by atoms with van der Waals surface area (Å²) in [6.45, 7) is 5.13. The molecule has 1 fully saturated rings. The second-order valence-electron chi connectivity index (χ2n) is 9.59. The van der Waals surface area contributed by atoms with Gasteiger partial charge in [-0.1, -0.05) is 12.1 Å². The van der Waals surface area contributed by atoms with Gasteiger partial charge in [-0.15, -0.1) is 0 Å². The van der Waals surface area contributed by atoms with Gasteiger partial charge in [0.2, 0.25) is 5.91 Å². The first-order valence-corrected chi connectivity index (χ1v) is 12.6. The van der Waals surface area contributed by atoms with Crippen molar-refractivity contribution in [1.29, 1.82) is 0 Å². The van der Waals surface area contributed by atoms with Crippen molar-refractivity contribution in [1.82, 2.24) is 19.4 Å². The molecule has 0 bridgehead atoms. The van der Waals surface area contributed by atoms with Gasteiger partial charge >= 0.3 is 0 Å². The lowest BCUT2D eigenvalue weighted by atomic mass is 10.0. The summed E-state index contributed by atoms with van der Waals surface area (Å²) < 4.78 is 32.0. The number of aryl methyl sites for hydroxylation is 1. The highest BCUT2D eigenvalue weighted by Gasteiger charge is 2.37. The van der Waals surface area contributed by atoms with Gasteiger partial charge in [0.15, 0.2) is 0 Å². The lowest BCUT2D eigenvalue weighted by molar-refractivity contribution is -0.138. The van der Waals surface area contributed by atoms with E-state index in [1.807, 2.05) is 42.0 Å². The average Bonchev–Trinajstić information content (AvgIpc) is 3.23. The van der Waals surface area contributed by atoms with E-state index >= 15 is 0 Å². The average molecular weight is 527 g/mol. The van der Waals surface area contributed by atoms with E-state index < -0.39 is 5.60 Å². The zero-order valence-corrected chi connectivity index (χ0v) is 21.9. The Balaban J connectivity index is 1.37. The summed E-state index contributed by atoms with van der Waals surface area (Å²) in [4.78, 5) is 20.5. The van der Waals surface area contributed by atoms with Crippen molar-refractivity contribution in [2.45, 2.75) is 25.6 Å². The summed E-state index contributed by atoms with van der Waals surface area (Å²) in [7, 11) is 1.47. The highest BCUT2D eigenvalue weighted by molar-refractivity contribution is 5.77. The summed E-state index contributed by atoms with van der Waals surface area (Å²) in [5.74, 6) is 1.62. The summed E-state index contributed by atoms with van der Waals surface area (Å²) >= 11 is 0. The van der Waals surface area contributed by atoms with Crippen LogP contribution >= 0.6 is 0 Å². The maximum atomic E-state index is 13.3. The minimum atomic E-state index is -1.33. The Morgan fingerprint density at radius 1 is 1.05 bits per heavy atom. The van der Waals surface area contributed by atoms with E-state index in [1.54, 1.807) is 11.1 Å². The molecule has 10 heteroatoms. The summed E-state index contributed by atoms with van der Waals surface area (Å²) in [5.41, 5.74) is -0.274. The number of β-amino-alcohol motifs (C(OH)–C–C–N with tert-alkyl or cyclic N) is 1. The largest absolute Gasteiger partial charge is 0.492 e. The maximum absolute atomic E-state index is 13.3. The van der Waals surface area contributed by atoms with E-state index in [-0.39, 0.29) is 31.5 Å². The van der Waals surface area contributed by atoms with Gasteiger partial charge in [0.05, 0.1) is 13.1 Å². The monoisotopic (exact) mass is 526 g/mol. The van der Waals surface area contributed by atoms with E-state index in [0.717, 1.165) is 23.7 Å². The van der Waals surface area contributed by atoms with Crippen LogP contribution in [0.1, 0.15) is 11.4 Å². The third kappa shape index (κ3) is 7.77. The third-order valence-electron chi connectivity index (χ3n) is 6.49. The first kappa shape index (κ1) is 27.6. The number of aromatic nitrogens is 2. The molecule has 1 aliphatic rings. The zero-order valence-electron chi connectivity index (χ0n) is 21.9. The Morgan fingerprint density at radius 2 is 1.76 bits per heavy atom. The van der Waals surface area contributed by atoms with Crippen molar-refractivity contribution in [2.75, 3.05) is 53.1 Å². The number of nitrogens with zero attached hydrogens (tertiary/aromatic N) is 4. The molecule has 9 nitrogen and oxygen atoms in total. The molecule has 0 aliphatic carbocycles. The minimum Gasteiger partial charge on any atom is -0.492 e. The number of carbonyl (C=O) groups is 1. The number of ether oxygens (including phenoxy) is 3. The summed E-state index contributed by atoms with van der Waals surface area (Å²) in [6, 6.07) is 13.5. The predicted octanol–water partition coefficient (Wildman–Crippen LogP) is 2.51. The number of carbonyl (C=O) groups excluding carboxylic acids is 1. The van der Waals surface area contributed by atoms with Crippen molar-refractivity contribution in [3.63, 3.8) is 0 Å². The first-order chi connectivity index (χ1) is 18.3. The number of amides is 1. The van der Waals surface area contributed by atoms with Gasteiger partial charge < -0.3 is 28.8 Å². The molecule has 0 spiro atoms. The van der Waals surface area contributed by atoms with Gasteiger partial charge in [-0.25, -0.2) is 9.37 Å². The number of hydrogen-bond donors (Lipinski definition) is 1. The van der Waals surface area contributed by atoms with Crippen LogP contribution in [-0.4, -0.2) is 89.1 Å². The number of benzene rings is 2. The van der Waals surface area contributed by atoms with Crippen LogP contribution in [-0.2, 0) is 22.6 Å². The molecule has 204 valence electrons. The van der Waals surface area contributed by atoms with E-state index in [9.17, 15) is 14.3 Å². The van der Waals surface area contributed by atoms with Gasteiger partial charge in [-0.05, 0) is 48.9 Å². The van der Waals surface area contributed by atoms with Gasteiger partial charge in [-0.2, -0.15) is 0 Å². The van der Waals surface area contributed by atoms with E-state index in [1.165, 1.54) is 31.4 Å². The van der Waals surface area contributed by atoms with Crippen molar-refractivity contribution in [2.24, 2.45) is 0 Å². The van der Waals surface area contributed by atoms with Crippen molar-refractivity contribution >= 4 is 5.91 Å². The summed E-state index contributed by atoms with van der Waals surface area (Å²) in [6.07, 6.45) is 3.70. The smallest absolute Gasteiger partial charge is 0.248 e. The molecule has 2 heterocycles. The topological polar surface area (TPSA) is 89.3 Å². The first-order valence-electron chi connectivity index (χ1n) is 12.6. The van der Waals surface area contributed by atoms with Crippen LogP contribution in [0.15, 0.2) is 60.9 Å². The van der Waals surface area contributed by atoms with Crippen LogP contribution in [0.2, 0.25) is 0 Å². The Hall–Kier alpha value is -3.47. The van der Waals surface area contributed by atoms with Gasteiger partial charge in [0.1, 0.15) is 48.6 Å². The second kappa shape index (κ2) is 12.9. The number of halogens is 1. The van der Waals surface area contributed by atoms with Crippen molar-refractivity contribution in [3.8, 4) is 11.5 Å². The standard InChI is InChI=1S/C28H35FN4O5/c1-22-30-11-12-32(22)15-16-37-25-7-3-23(4-8-25)17-31-13-14-33(27(34)18-36-2)20-28(35,19-31)21-38-26-9-5-24(29)6-10-26/h3-12,35H,13-21H2,1-2H3. The van der Waals surface area contributed by atoms with Crippen LogP contribution in [0.4, 0.5) is 4.39 Å². The number of aliphatic hydroxyl groups is 1. The highest BCUT2D eigenvalue weighted by Crippen LogP contribution is 2.21. The molecule has 1 atom stereocenters. The van der Waals surface area contributed by atoms with Crippen molar-refractivity contribution in [3.05, 3.63) is 78.1 Å². The maximum Gasteiger partial charge on any atom is 0.248 e. The van der Waals surface area contributed by atoms with E-state index in [0.29, 0.717) is 38.5 Å². The van der Waals surface area contributed by atoms with E-state index in [2.05, 4.69) is 9.88 Å². The molecular formula is C28H35FN4O5. The number of hydrogen-bond acceptors (Lipinski definition) is 7. The lowest BCUT2D eigenvalue weighted by Crippen LogP contribution is -2.52. The molecule has 1 unspecified atom stereocenters. The second-order valence-corrected chi connectivity index (χ2v) is 9.59. The molecule has 4 rings (SSSR count). The Bertz CT molecular complexity index is 1170. The van der Waals surface area contributed by atoms with Crippen LogP contribution in [0, 0.1) is 12.7 Å². The van der Waals surface area contributed by atoms with Crippen LogP contribution in [0.5, 0.6) is 11.5 Å². The lowest BCUT2D eigenvalue weighted by Gasteiger charge is -2.33. The number of methoxy groups -OCH3 is 1. The molecule has 1 aliphatic heterocycles. The predicted molar refractivity (Wildman–Crippen MR) is 139 cm³/mol. The van der Waals surface area contributed by atoms with Crippen LogP contribution < -0.4 is 9.47 Å². The molecule has 2 aromatic carbocycles. The molecule has 3 aromatic rings. The molecule has 1 N–H and O–H groups in total. The fraction of sp³-hybridized carbons (Fsp3) is 0.429. The quantitative estimate of drug-likeness (QED) is 0.411. The molecule has 1 saturated heterocycles. The fourth-order valence-corrected chi connectivity index (χ4v) is 4.50. The van der Waals surface area contributed by atoms with Crippen LogP contribution in [0.25, 0.3) is 0 Å². The Kier molecular flexibility index (Phi) is 9.33. The van der Waals surface area contributed by atoms with Crippen LogP contribution in [0.3, 0.4) is 0 Å². The summed E-state index contributed by atoms with van der Waals surface area (Å²) in [5, 5.41) is 11.5. The molecule has 38 heavy (non-hydrogen) atoms. The third-order valence-corrected chi connectivity index (χ3v) is 6.49. The number of imidazole rings is 1. The normalized spacial score (nSPS) is 18.3. The minimum absolute atomic E-state index is 0.0466. The fourth-order valence-electron chi connectivity index (χ4n) is 4.50. The van der Waals surface area contributed by atoms with Gasteiger partial charge in [-0.3, -0.25) is 9.69 Å². The SMILES string of the molecule is COCC(=O)N1CCN(Cc2ccc(OCCn3ccnc3C)cc2)CC(O)(COc2ccc(F)cc2)C1. The van der Waals surface area contributed by atoms with Gasteiger partial charge in [0.25, 0.3) is 0 Å². The van der Waals surface area contributed by atoms with Gasteiger partial charge in [0, 0.05) is 45.7 Å². The number of rotatable bonds is 11. The molecule has 0 radical (unpaired) electrons. The molecule has 1 aromatic heterocycles. The Labute approximate surface area is 222 Å². The van der Waals surface area contributed by atoms with Crippen molar-refractivity contribution < 1.29 is 28.5 Å². The molecule has 0 saturated carbocycles.